The summed E-state index contributed by atoms with van der Waals surface area (Å²) in [5, 5.41) is 0. The Hall–Kier alpha value is -1.36. The topological polar surface area (TPSA) is 55.8 Å². The Bertz CT molecular complexity index is 543. The molecule has 22 heavy (non-hydrogen) atoms. The molecule has 4 aliphatic rings. The summed E-state index contributed by atoms with van der Waals surface area (Å²) >= 11 is 0. The van der Waals surface area contributed by atoms with Crippen molar-refractivity contribution >= 4 is 11.9 Å². The van der Waals surface area contributed by atoms with Crippen molar-refractivity contribution < 1.29 is 19.1 Å². The van der Waals surface area contributed by atoms with Gasteiger partial charge in [0.25, 0.3) is 0 Å². The smallest absolute Gasteiger partial charge is 0.334 e. The number of amides is 1. The molecule has 3 fully saturated rings. The second kappa shape index (κ2) is 5.08. The molecule has 0 N–H and O–H groups in total. The van der Waals surface area contributed by atoms with Crippen LogP contribution >= 0.6 is 0 Å². The average molecular weight is 305 g/mol. The number of hydrogen-bond acceptors (Lipinski definition) is 4. The van der Waals surface area contributed by atoms with E-state index in [0.29, 0.717) is 35.8 Å². The van der Waals surface area contributed by atoms with E-state index in [-0.39, 0.29) is 24.3 Å². The summed E-state index contributed by atoms with van der Waals surface area (Å²) in [6.07, 6.45) is 5.35. The second-order valence-corrected chi connectivity index (χ2v) is 7.13. The molecule has 0 aromatic carbocycles. The molecule has 1 amide bonds. The van der Waals surface area contributed by atoms with E-state index in [4.69, 9.17) is 9.47 Å². The summed E-state index contributed by atoms with van der Waals surface area (Å²) in [6.45, 7) is 4.85. The first-order chi connectivity index (χ1) is 10.6. The van der Waals surface area contributed by atoms with Gasteiger partial charge in [0.15, 0.2) is 0 Å². The van der Waals surface area contributed by atoms with Crippen LogP contribution < -0.4 is 0 Å². The quantitative estimate of drug-likeness (QED) is 0.691. The normalized spacial score (nSPS) is 44.5. The largest absolute Gasteiger partial charge is 0.452 e. The number of esters is 1. The van der Waals surface area contributed by atoms with Crippen molar-refractivity contribution in [2.24, 2.45) is 11.8 Å². The Balaban J connectivity index is 1.58. The number of cyclic esters (lactones) is 1. The maximum atomic E-state index is 12.1. The molecule has 0 aromatic rings. The molecule has 5 nitrogen and oxygen atoms in total. The molecule has 0 spiro atoms. The number of hydrogen-bond donors (Lipinski definition) is 0. The molecule has 4 rings (SSSR count). The van der Waals surface area contributed by atoms with Gasteiger partial charge >= 0.3 is 5.97 Å². The van der Waals surface area contributed by atoms with E-state index in [2.05, 4.69) is 11.8 Å². The highest BCUT2D eigenvalue weighted by molar-refractivity contribution is 5.90. The van der Waals surface area contributed by atoms with Crippen LogP contribution in [0.2, 0.25) is 0 Å². The molecule has 6 atom stereocenters. The van der Waals surface area contributed by atoms with Crippen molar-refractivity contribution in [3.05, 3.63) is 11.6 Å². The Morgan fingerprint density at radius 2 is 2.09 bits per heavy atom. The average Bonchev–Trinajstić information content (AvgIpc) is 3.05. The fraction of sp³-hybridized carbons (Fsp3) is 0.765. The van der Waals surface area contributed by atoms with Crippen LogP contribution in [0.15, 0.2) is 11.6 Å². The van der Waals surface area contributed by atoms with Gasteiger partial charge in [-0.3, -0.25) is 4.79 Å². The fourth-order valence-corrected chi connectivity index (χ4v) is 4.85. The van der Waals surface area contributed by atoms with Crippen molar-refractivity contribution in [2.45, 2.75) is 63.9 Å². The van der Waals surface area contributed by atoms with Gasteiger partial charge in [0.05, 0.1) is 6.10 Å². The van der Waals surface area contributed by atoms with Gasteiger partial charge in [0, 0.05) is 30.5 Å². The maximum Gasteiger partial charge on any atom is 0.334 e. The molecule has 6 unspecified atom stereocenters. The number of rotatable bonds is 1. The van der Waals surface area contributed by atoms with Gasteiger partial charge in [0.1, 0.15) is 12.2 Å². The molecular formula is C17H23NO4. The van der Waals surface area contributed by atoms with Crippen LogP contribution in [0.25, 0.3) is 0 Å². The van der Waals surface area contributed by atoms with Crippen molar-refractivity contribution in [2.75, 3.05) is 6.54 Å². The van der Waals surface area contributed by atoms with Gasteiger partial charge in [-0.05, 0) is 38.2 Å². The minimum atomic E-state index is -0.264. The van der Waals surface area contributed by atoms with E-state index < -0.39 is 0 Å². The first kappa shape index (κ1) is 14.2. The van der Waals surface area contributed by atoms with E-state index in [1.54, 1.807) is 6.92 Å². The van der Waals surface area contributed by atoms with Gasteiger partial charge in [-0.2, -0.15) is 0 Å². The molecular weight excluding hydrogens is 282 g/mol. The third-order valence-corrected chi connectivity index (χ3v) is 5.90. The minimum absolute atomic E-state index is 0.0768. The summed E-state index contributed by atoms with van der Waals surface area (Å²) < 4.78 is 11.8. The lowest BCUT2D eigenvalue weighted by molar-refractivity contribution is -0.146. The van der Waals surface area contributed by atoms with Crippen molar-refractivity contribution in [3.8, 4) is 0 Å². The summed E-state index contributed by atoms with van der Waals surface area (Å²) in [5.41, 5.74) is 0.672. The van der Waals surface area contributed by atoms with Crippen LogP contribution in [0.5, 0.6) is 0 Å². The van der Waals surface area contributed by atoms with Crippen molar-refractivity contribution in [1.29, 1.82) is 0 Å². The predicted octanol–water partition coefficient (Wildman–Crippen LogP) is 1.66. The number of ether oxygens (including phenoxy) is 2. The lowest BCUT2D eigenvalue weighted by atomic mass is 9.80. The third-order valence-electron chi connectivity index (χ3n) is 5.90. The standard InChI is InChI=1S/C17H23NO4/c1-9-8-13(22-17(9)20)16-10(2)15-11-5-6-14(19)18(11)7-3-4-12(15)21-16/h8,10-13,15-16H,3-7H2,1-2H3. The molecule has 0 radical (unpaired) electrons. The van der Waals surface area contributed by atoms with Crippen molar-refractivity contribution in [1.82, 2.24) is 4.90 Å². The van der Waals surface area contributed by atoms with Crippen molar-refractivity contribution in [3.63, 3.8) is 0 Å². The predicted molar refractivity (Wildman–Crippen MR) is 78.9 cm³/mol. The van der Waals surface area contributed by atoms with Gasteiger partial charge in [-0.15, -0.1) is 0 Å². The first-order valence-electron chi connectivity index (χ1n) is 8.40. The number of fused-ring (bicyclic) bond motifs is 3. The van der Waals surface area contributed by atoms with Crippen LogP contribution in [-0.4, -0.2) is 47.7 Å². The molecule has 4 heterocycles. The monoisotopic (exact) mass is 305 g/mol. The van der Waals surface area contributed by atoms with E-state index in [1.807, 2.05) is 6.08 Å². The zero-order valence-electron chi connectivity index (χ0n) is 13.2. The van der Waals surface area contributed by atoms with E-state index in [1.165, 1.54) is 0 Å². The summed E-state index contributed by atoms with van der Waals surface area (Å²) in [7, 11) is 0. The molecule has 5 heteroatoms. The molecule has 0 bridgehead atoms. The van der Waals surface area contributed by atoms with Crippen LogP contribution in [0.3, 0.4) is 0 Å². The summed E-state index contributed by atoms with van der Waals surface area (Å²) in [5.74, 6) is 0.725. The lowest BCUT2D eigenvalue weighted by Crippen LogP contribution is -2.42. The molecule has 0 aliphatic carbocycles. The highest BCUT2D eigenvalue weighted by atomic mass is 16.6. The Morgan fingerprint density at radius 3 is 2.82 bits per heavy atom. The van der Waals surface area contributed by atoms with Gasteiger partial charge < -0.3 is 14.4 Å². The fourth-order valence-electron chi connectivity index (χ4n) is 4.85. The minimum Gasteiger partial charge on any atom is -0.452 e. The molecule has 3 saturated heterocycles. The Labute approximate surface area is 130 Å². The van der Waals surface area contributed by atoms with E-state index in [0.717, 1.165) is 25.8 Å². The third kappa shape index (κ3) is 2.02. The second-order valence-electron chi connectivity index (χ2n) is 7.13. The van der Waals surface area contributed by atoms with Gasteiger partial charge in [-0.25, -0.2) is 4.79 Å². The van der Waals surface area contributed by atoms with Crippen LogP contribution in [0.4, 0.5) is 0 Å². The van der Waals surface area contributed by atoms with E-state index >= 15 is 0 Å². The van der Waals surface area contributed by atoms with Crippen LogP contribution in [-0.2, 0) is 19.1 Å². The van der Waals surface area contributed by atoms with Crippen LogP contribution in [0.1, 0.15) is 39.5 Å². The number of nitrogens with zero attached hydrogens (tertiary/aromatic N) is 1. The maximum absolute atomic E-state index is 12.1. The molecule has 4 aliphatic heterocycles. The summed E-state index contributed by atoms with van der Waals surface area (Å²) in [6, 6.07) is 0.308. The SMILES string of the molecule is CC1=CC(C2OC3CCCN4C(=O)CCC4C3C2C)OC1=O. The van der Waals surface area contributed by atoms with E-state index in [9.17, 15) is 9.59 Å². The molecule has 120 valence electrons. The lowest BCUT2D eigenvalue weighted by Gasteiger charge is -2.31. The Kier molecular flexibility index (Phi) is 3.29. The van der Waals surface area contributed by atoms with Crippen LogP contribution in [0, 0.1) is 11.8 Å². The highest BCUT2D eigenvalue weighted by Gasteiger charge is 2.53. The zero-order chi connectivity index (χ0) is 15.4. The number of carbonyl (C=O) groups is 2. The van der Waals surface area contributed by atoms with Gasteiger partial charge in [-0.1, -0.05) is 6.92 Å². The molecule has 0 aromatic heterocycles. The summed E-state index contributed by atoms with van der Waals surface area (Å²) in [4.78, 5) is 25.8. The number of carbonyl (C=O) groups excluding carboxylic acids is 2. The van der Waals surface area contributed by atoms with Gasteiger partial charge in [0.2, 0.25) is 5.91 Å². The Morgan fingerprint density at radius 1 is 1.27 bits per heavy atom. The molecule has 0 saturated carbocycles. The highest BCUT2D eigenvalue weighted by Crippen LogP contribution is 2.45. The first-order valence-corrected chi connectivity index (χ1v) is 8.40. The zero-order valence-corrected chi connectivity index (χ0v) is 13.2.